The van der Waals surface area contributed by atoms with E-state index in [1.807, 2.05) is 6.08 Å². The highest BCUT2D eigenvalue weighted by Crippen LogP contribution is 2.28. The van der Waals surface area contributed by atoms with Crippen LogP contribution in [-0.4, -0.2) is 18.5 Å². The topological polar surface area (TPSA) is 12.0 Å². The fraction of sp³-hybridized carbons (Fsp3) is 0.778. The van der Waals surface area contributed by atoms with E-state index < -0.39 is 0 Å². The van der Waals surface area contributed by atoms with Crippen molar-refractivity contribution in [3.63, 3.8) is 0 Å². The van der Waals surface area contributed by atoms with Crippen molar-refractivity contribution in [1.82, 2.24) is 5.32 Å². The summed E-state index contributed by atoms with van der Waals surface area (Å²) in [5.41, 5.74) is 1.55. The Morgan fingerprint density at radius 3 is 2.83 bits per heavy atom. The van der Waals surface area contributed by atoms with Crippen molar-refractivity contribution in [2.75, 3.05) is 13.1 Å². The van der Waals surface area contributed by atoms with Gasteiger partial charge in [0.1, 0.15) is 0 Å². The van der Waals surface area contributed by atoms with E-state index in [0.29, 0.717) is 5.38 Å². The zero-order chi connectivity index (χ0) is 8.81. The van der Waals surface area contributed by atoms with Crippen LogP contribution in [0, 0.1) is 5.92 Å². The van der Waals surface area contributed by atoms with Crippen LogP contribution in [0.5, 0.6) is 0 Å². The number of nitrogens with one attached hydrogen (secondary N) is 1. The van der Waals surface area contributed by atoms with Gasteiger partial charge in [-0.15, -0.1) is 11.6 Å². The fourth-order valence-electron chi connectivity index (χ4n) is 1.61. The molecule has 0 saturated heterocycles. The van der Waals surface area contributed by atoms with Gasteiger partial charge in [0.2, 0.25) is 0 Å². The van der Waals surface area contributed by atoms with Crippen LogP contribution < -0.4 is 5.32 Å². The molecular formula is C9H15Cl2N. The van der Waals surface area contributed by atoms with E-state index in [1.54, 1.807) is 5.54 Å². The molecule has 0 aliphatic heterocycles. The third-order valence-electron chi connectivity index (χ3n) is 2.26. The summed E-state index contributed by atoms with van der Waals surface area (Å²) in [4.78, 5) is 0. The van der Waals surface area contributed by atoms with E-state index >= 15 is 0 Å². The minimum absolute atomic E-state index is 0.417. The highest BCUT2D eigenvalue weighted by molar-refractivity contribution is 6.25. The molecule has 0 radical (unpaired) electrons. The SMILES string of the molecule is Cl/C=C/CNCC1CCC(Cl)C1. The third kappa shape index (κ3) is 3.79. The van der Waals surface area contributed by atoms with E-state index in [-0.39, 0.29) is 0 Å². The van der Waals surface area contributed by atoms with E-state index in [1.165, 1.54) is 19.3 Å². The van der Waals surface area contributed by atoms with Crippen molar-refractivity contribution in [3.05, 3.63) is 11.6 Å². The molecule has 12 heavy (non-hydrogen) atoms. The van der Waals surface area contributed by atoms with Crippen LogP contribution in [0.2, 0.25) is 0 Å². The number of hydrogen-bond donors (Lipinski definition) is 1. The van der Waals surface area contributed by atoms with Crippen molar-refractivity contribution in [1.29, 1.82) is 0 Å². The van der Waals surface area contributed by atoms with E-state index in [9.17, 15) is 0 Å². The van der Waals surface area contributed by atoms with Crippen molar-refractivity contribution in [2.24, 2.45) is 5.92 Å². The summed E-state index contributed by atoms with van der Waals surface area (Å²) in [5.74, 6) is 0.774. The van der Waals surface area contributed by atoms with Crippen molar-refractivity contribution in [3.8, 4) is 0 Å². The maximum Gasteiger partial charge on any atom is 0.0339 e. The molecule has 1 aliphatic carbocycles. The van der Waals surface area contributed by atoms with E-state index in [2.05, 4.69) is 5.32 Å². The Labute approximate surface area is 84.1 Å². The first kappa shape index (κ1) is 10.4. The largest absolute Gasteiger partial charge is 0.313 e. The molecule has 1 aliphatic rings. The molecule has 0 spiro atoms. The lowest BCUT2D eigenvalue weighted by Gasteiger charge is -2.08. The molecule has 0 aromatic carbocycles. The first-order valence-electron chi connectivity index (χ1n) is 4.43. The predicted molar refractivity (Wildman–Crippen MR) is 54.8 cm³/mol. The van der Waals surface area contributed by atoms with Crippen molar-refractivity contribution >= 4 is 23.2 Å². The smallest absolute Gasteiger partial charge is 0.0339 e. The van der Waals surface area contributed by atoms with Crippen LogP contribution in [0.4, 0.5) is 0 Å². The van der Waals surface area contributed by atoms with E-state index in [4.69, 9.17) is 23.2 Å². The molecule has 2 atom stereocenters. The molecule has 3 heteroatoms. The minimum atomic E-state index is 0.417. The molecule has 1 fully saturated rings. The molecule has 0 amide bonds. The van der Waals surface area contributed by atoms with Crippen molar-refractivity contribution < 1.29 is 0 Å². The van der Waals surface area contributed by atoms with Crippen LogP contribution in [0.15, 0.2) is 11.6 Å². The molecule has 0 heterocycles. The zero-order valence-electron chi connectivity index (χ0n) is 7.10. The van der Waals surface area contributed by atoms with Gasteiger partial charge in [-0.25, -0.2) is 0 Å². The van der Waals surface area contributed by atoms with Gasteiger partial charge >= 0.3 is 0 Å². The summed E-state index contributed by atoms with van der Waals surface area (Å²) in [6, 6.07) is 0. The number of alkyl halides is 1. The third-order valence-corrected chi connectivity index (χ3v) is 2.84. The molecule has 1 saturated carbocycles. The highest BCUT2D eigenvalue weighted by atomic mass is 35.5. The van der Waals surface area contributed by atoms with Gasteiger partial charge in [-0.3, -0.25) is 0 Å². The second-order valence-electron chi connectivity index (χ2n) is 3.30. The molecule has 0 aromatic heterocycles. The van der Waals surface area contributed by atoms with Gasteiger partial charge in [0.15, 0.2) is 0 Å². The molecule has 1 N–H and O–H groups in total. The molecule has 1 nitrogen and oxygen atoms in total. The Bertz CT molecular complexity index is 147. The van der Waals surface area contributed by atoms with Crippen LogP contribution in [0.25, 0.3) is 0 Å². The molecule has 1 rings (SSSR count). The van der Waals surface area contributed by atoms with Gasteiger partial charge in [0.05, 0.1) is 0 Å². The Morgan fingerprint density at radius 1 is 1.42 bits per heavy atom. The maximum atomic E-state index is 5.98. The molecule has 2 unspecified atom stereocenters. The minimum Gasteiger partial charge on any atom is -0.313 e. The lowest BCUT2D eigenvalue weighted by molar-refractivity contribution is 0.506. The van der Waals surface area contributed by atoms with Crippen LogP contribution >= 0.6 is 23.2 Å². The molecule has 0 bridgehead atoms. The predicted octanol–water partition coefficient (Wildman–Crippen LogP) is 2.74. The Hall–Kier alpha value is 0.280. The van der Waals surface area contributed by atoms with Crippen LogP contribution in [0.1, 0.15) is 19.3 Å². The average Bonchev–Trinajstić information content (AvgIpc) is 2.45. The number of hydrogen-bond acceptors (Lipinski definition) is 1. The second kappa shape index (κ2) is 5.85. The molecule has 0 aromatic rings. The van der Waals surface area contributed by atoms with Gasteiger partial charge in [-0.05, 0) is 31.7 Å². The maximum absolute atomic E-state index is 5.98. The first-order chi connectivity index (χ1) is 5.83. The van der Waals surface area contributed by atoms with Crippen molar-refractivity contribution in [2.45, 2.75) is 24.6 Å². The second-order valence-corrected chi connectivity index (χ2v) is 4.17. The monoisotopic (exact) mass is 207 g/mol. The van der Waals surface area contributed by atoms with Crippen LogP contribution in [-0.2, 0) is 0 Å². The van der Waals surface area contributed by atoms with Gasteiger partial charge < -0.3 is 5.32 Å². The summed E-state index contributed by atoms with van der Waals surface area (Å²) in [6.45, 7) is 1.94. The summed E-state index contributed by atoms with van der Waals surface area (Å²) >= 11 is 11.4. The molecular weight excluding hydrogens is 193 g/mol. The molecule has 70 valence electrons. The summed E-state index contributed by atoms with van der Waals surface area (Å²) < 4.78 is 0. The zero-order valence-corrected chi connectivity index (χ0v) is 8.61. The Balaban J connectivity index is 2.00. The lowest BCUT2D eigenvalue weighted by Crippen LogP contribution is -2.21. The van der Waals surface area contributed by atoms with Gasteiger partial charge in [-0.1, -0.05) is 17.7 Å². The first-order valence-corrected chi connectivity index (χ1v) is 5.30. The summed E-state index contributed by atoms with van der Waals surface area (Å²) in [7, 11) is 0. The highest BCUT2D eigenvalue weighted by Gasteiger charge is 2.21. The Morgan fingerprint density at radius 2 is 2.25 bits per heavy atom. The lowest BCUT2D eigenvalue weighted by atomic mass is 10.1. The van der Waals surface area contributed by atoms with E-state index in [0.717, 1.165) is 19.0 Å². The average molecular weight is 208 g/mol. The van der Waals surface area contributed by atoms with Gasteiger partial charge in [0.25, 0.3) is 0 Å². The normalized spacial score (nSPS) is 30.2. The quantitative estimate of drug-likeness (QED) is 0.553. The number of rotatable bonds is 4. The number of halogens is 2. The van der Waals surface area contributed by atoms with Gasteiger partial charge in [0, 0.05) is 17.5 Å². The fourth-order valence-corrected chi connectivity index (χ4v) is 2.08. The Kier molecular flexibility index (Phi) is 5.05. The van der Waals surface area contributed by atoms with Crippen LogP contribution in [0.3, 0.4) is 0 Å². The summed E-state index contributed by atoms with van der Waals surface area (Å²) in [5, 5.41) is 3.74. The standard InChI is InChI=1S/C9H15Cl2N/c10-4-1-5-12-7-8-2-3-9(11)6-8/h1,4,8-9,12H,2-3,5-7H2/b4-1+. The van der Waals surface area contributed by atoms with Gasteiger partial charge in [-0.2, -0.15) is 0 Å². The summed E-state index contributed by atoms with van der Waals surface area (Å²) in [6.07, 6.45) is 5.53.